The summed E-state index contributed by atoms with van der Waals surface area (Å²) in [4.78, 5) is 18.4. The summed E-state index contributed by atoms with van der Waals surface area (Å²) in [6.45, 7) is 1.44. The van der Waals surface area contributed by atoms with Crippen molar-refractivity contribution in [3.8, 4) is 0 Å². The van der Waals surface area contributed by atoms with E-state index in [9.17, 15) is 4.79 Å². The molecule has 1 saturated heterocycles. The number of benzene rings is 1. The quantitative estimate of drug-likeness (QED) is 0.845. The summed E-state index contributed by atoms with van der Waals surface area (Å²) in [5.74, 6) is 0.509. The lowest BCUT2D eigenvalue weighted by atomic mass is 10.1. The third-order valence-electron chi connectivity index (χ3n) is 3.42. The van der Waals surface area contributed by atoms with E-state index < -0.39 is 0 Å². The minimum absolute atomic E-state index is 0.0278. The number of rotatable bonds is 3. The summed E-state index contributed by atoms with van der Waals surface area (Å²) in [7, 11) is 0. The number of halogens is 1. The molecule has 1 fully saturated rings. The Kier molecular flexibility index (Phi) is 4.31. The number of amides is 1. The third kappa shape index (κ3) is 3.14. The van der Waals surface area contributed by atoms with Crippen LogP contribution in [-0.2, 0) is 16.0 Å². The topological polar surface area (TPSA) is 68.5 Å². The Balaban J connectivity index is 1.77. The van der Waals surface area contributed by atoms with E-state index in [0.29, 0.717) is 32.0 Å². The molecule has 1 aromatic carbocycles. The van der Waals surface area contributed by atoms with Crippen molar-refractivity contribution in [2.24, 2.45) is 0 Å². The van der Waals surface area contributed by atoms with Crippen molar-refractivity contribution in [3.63, 3.8) is 0 Å². The van der Waals surface area contributed by atoms with Gasteiger partial charge >= 0.3 is 0 Å². The van der Waals surface area contributed by atoms with E-state index in [0.717, 1.165) is 10.0 Å². The van der Waals surface area contributed by atoms with Crippen molar-refractivity contribution in [2.45, 2.75) is 12.5 Å². The summed E-state index contributed by atoms with van der Waals surface area (Å²) >= 11 is 3.47. The summed E-state index contributed by atoms with van der Waals surface area (Å²) < 4.78 is 11.1. The van der Waals surface area contributed by atoms with Crippen molar-refractivity contribution >= 4 is 21.8 Å². The normalized spacial score (nSPS) is 18.7. The lowest BCUT2D eigenvalue weighted by molar-refractivity contribution is -0.139. The first-order valence-electron chi connectivity index (χ1n) is 6.62. The third-order valence-corrected chi connectivity index (χ3v) is 4.20. The number of hydrogen-bond donors (Lipinski definition) is 0. The molecule has 1 amide bonds. The van der Waals surface area contributed by atoms with Crippen LogP contribution >= 0.6 is 15.9 Å². The van der Waals surface area contributed by atoms with E-state index in [4.69, 9.17) is 9.26 Å². The van der Waals surface area contributed by atoms with Crippen LogP contribution in [0.4, 0.5) is 0 Å². The zero-order valence-corrected chi connectivity index (χ0v) is 12.8. The summed E-state index contributed by atoms with van der Waals surface area (Å²) in [6.07, 6.45) is 1.59. The van der Waals surface area contributed by atoms with Crippen LogP contribution in [0.1, 0.15) is 17.4 Å². The number of carbonyl (C=O) groups is 1. The monoisotopic (exact) mass is 351 g/mol. The lowest BCUT2D eigenvalue weighted by Gasteiger charge is -2.33. The molecule has 0 saturated carbocycles. The molecule has 0 radical (unpaired) electrons. The van der Waals surface area contributed by atoms with Gasteiger partial charge in [-0.25, -0.2) is 0 Å². The molecule has 2 heterocycles. The highest BCUT2D eigenvalue weighted by atomic mass is 79.9. The molecule has 1 aliphatic rings. The van der Waals surface area contributed by atoms with E-state index in [-0.39, 0.29) is 11.9 Å². The molecule has 3 rings (SSSR count). The summed E-state index contributed by atoms with van der Waals surface area (Å²) in [5, 5.41) is 3.83. The molecular formula is C14H14BrN3O3. The van der Waals surface area contributed by atoms with Gasteiger partial charge in [0.25, 0.3) is 0 Å². The maximum atomic E-state index is 12.6. The van der Waals surface area contributed by atoms with Crippen molar-refractivity contribution < 1.29 is 14.1 Å². The molecule has 0 aliphatic carbocycles. The molecule has 2 aromatic rings. The summed E-state index contributed by atoms with van der Waals surface area (Å²) in [6, 6.07) is 7.43. The van der Waals surface area contributed by atoms with Crippen LogP contribution in [0.25, 0.3) is 0 Å². The number of hydrogen-bond acceptors (Lipinski definition) is 5. The molecular weight excluding hydrogens is 338 g/mol. The van der Waals surface area contributed by atoms with Crippen molar-refractivity contribution in [1.29, 1.82) is 0 Å². The number of aromatic nitrogens is 2. The van der Waals surface area contributed by atoms with E-state index in [1.807, 2.05) is 24.3 Å². The zero-order chi connectivity index (χ0) is 14.7. The first kappa shape index (κ1) is 14.2. The Hall–Kier alpha value is -1.73. The fourth-order valence-electron chi connectivity index (χ4n) is 2.35. The molecule has 7 heteroatoms. The van der Waals surface area contributed by atoms with Gasteiger partial charge in [-0.3, -0.25) is 4.79 Å². The average Bonchev–Trinajstić information content (AvgIpc) is 3.04. The fourth-order valence-corrected chi connectivity index (χ4v) is 2.77. The Morgan fingerprint density at radius 1 is 1.43 bits per heavy atom. The van der Waals surface area contributed by atoms with Gasteiger partial charge in [0.2, 0.25) is 12.3 Å². The number of morpholine rings is 1. The van der Waals surface area contributed by atoms with E-state index in [2.05, 4.69) is 26.1 Å². The van der Waals surface area contributed by atoms with Gasteiger partial charge in [0, 0.05) is 11.0 Å². The molecule has 0 N–H and O–H groups in total. The Morgan fingerprint density at radius 3 is 3.05 bits per heavy atom. The van der Waals surface area contributed by atoms with Gasteiger partial charge in [0.15, 0.2) is 5.82 Å². The predicted octanol–water partition coefficient (Wildman–Crippen LogP) is 1.97. The average molecular weight is 352 g/mol. The van der Waals surface area contributed by atoms with Crippen molar-refractivity contribution in [3.05, 3.63) is 46.5 Å². The van der Waals surface area contributed by atoms with Gasteiger partial charge in [0.05, 0.1) is 19.6 Å². The van der Waals surface area contributed by atoms with Crippen LogP contribution in [0, 0.1) is 0 Å². The lowest BCUT2D eigenvalue weighted by Crippen LogP contribution is -2.44. The van der Waals surface area contributed by atoms with Crippen LogP contribution < -0.4 is 0 Å². The fraction of sp³-hybridized carbons (Fsp3) is 0.357. The van der Waals surface area contributed by atoms with Crippen LogP contribution in [0.15, 0.2) is 39.7 Å². The minimum Gasteiger partial charge on any atom is -0.377 e. The smallest absolute Gasteiger partial charge is 0.227 e. The van der Waals surface area contributed by atoms with Crippen molar-refractivity contribution in [2.75, 3.05) is 19.8 Å². The number of nitrogens with zero attached hydrogens (tertiary/aromatic N) is 3. The maximum Gasteiger partial charge on any atom is 0.227 e. The van der Waals surface area contributed by atoms with Crippen LogP contribution in [0.3, 0.4) is 0 Å². The van der Waals surface area contributed by atoms with E-state index >= 15 is 0 Å². The second-order valence-corrected chi connectivity index (χ2v) is 5.59. The van der Waals surface area contributed by atoms with E-state index in [1.165, 1.54) is 6.39 Å². The Morgan fingerprint density at radius 2 is 2.29 bits per heavy atom. The first-order valence-corrected chi connectivity index (χ1v) is 7.42. The van der Waals surface area contributed by atoms with Crippen LogP contribution in [0.2, 0.25) is 0 Å². The SMILES string of the molecule is O=C(Cc1ccccc1Br)N1CCOC[C@H]1c1ncon1. The Labute approximate surface area is 130 Å². The standard InChI is InChI=1S/C14H14BrN3O3/c15-11-4-2-1-3-10(11)7-13(19)18-5-6-20-8-12(18)14-16-9-21-17-14/h1-4,9,12H,5-8H2/t12-/m0/s1. The minimum atomic E-state index is -0.285. The molecule has 0 unspecified atom stereocenters. The molecule has 1 aliphatic heterocycles. The van der Waals surface area contributed by atoms with Crippen LogP contribution in [-0.4, -0.2) is 40.7 Å². The highest BCUT2D eigenvalue weighted by Crippen LogP contribution is 2.24. The molecule has 110 valence electrons. The van der Waals surface area contributed by atoms with Crippen LogP contribution in [0.5, 0.6) is 0 Å². The number of ether oxygens (including phenoxy) is 1. The molecule has 21 heavy (non-hydrogen) atoms. The molecule has 6 nitrogen and oxygen atoms in total. The second kappa shape index (κ2) is 6.36. The zero-order valence-electron chi connectivity index (χ0n) is 11.2. The Bertz CT molecular complexity index is 618. The van der Waals surface area contributed by atoms with Gasteiger partial charge < -0.3 is 14.2 Å². The second-order valence-electron chi connectivity index (χ2n) is 4.74. The van der Waals surface area contributed by atoms with Crippen molar-refractivity contribution in [1.82, 2.24) is 15.0 Å². The highest BCUT2D eigenvalue weighted by molar-refractivity contribution is 9.10. The molecule has 0 bridgehead atoms. The highest BCUT2D eigenvalue weighted by Gasteiger charge is 2.31. The predicted molar refractivity (Wildman–Crippen MR) is 77.4 cm³/mol. The number of carbonyl (C=O) groups excluding carboxylic acids is 1. The van der Waals surface area contributed by atoms with Gasteiger partial charge in [-0.1, -0.05) is 39.3 Å². The summed E-state index contributed by atoms with van der Waals surface area (Å²) in [5.41, 5.74) is 0.959. The van der Waals surface area contributed by atoms with Gasteiger partial charge in [-0.2, -0.15) is 4.98 Å². The largest absolute Gasteiger partial charge is 0.377 e. The van der Waals surface area contributed by atoms with Gasteiger partial charge in [-0.05, 0) is 11.6 Å². The maximum absolute atomic E-state index is 12.6. The molecule has 1 atom stereocenters. The molecule has 0 spiro atoms. The van der Waals surface area contributed by atoms with Gasteiger partial charge in [0.1, 0.15) is 6.04 Å². The van der Waals surface area contributed by atoms with Gasteiger partial charge in [-0.15, -0.1) is 0 Å². The van der Waals surface area contributed by atoms with E-state index in [1.54, 1.807) is 4.90 Å². The molecule has 1 aromatic heterocycles. The first-order chi connectivity index (χ1) is 10.3.